The number of hydrogen-bond acceptors (Lipinski definition) is 2. The van der Waals surface area contributed by atoms with Crippen molar-refractivity contribution < 1.29 is 0 Å². The molecule has 0 aromatic heterocycles. The summed E-state index contributed by atoms with van der Waals surface area (Å²) < 4.78 is 0. The molecule has 0 saturated carbocycles. The van der Waals surface area contributed by atoms with E-state index in [2.05, 4.69) is 38.0 Å². The lowest BCUT2D eigenvalue weighted by molar-refractivity contribution is 0.325. The molecule has 0 aromatic rings. The fraction of sp³-hybridized carbons (Fsp3) is 1.00. The van der Waals surface area contributed by atoms with E-state index in [-0.39, 0.29) is 0 Å². The maximum absolute atomic E-state index is 3.56. The lowest BCUT2D eigenvalue weighted by atomic mass is 10.2. The molecule has 2 heteroatoms. The van der Waals surface area contributed by atoms with Crippen molar-refractivity contribution in [1.82, 2.24) is 10.2 Å². The first-order valence-corrected chi connectivity index (χ1v) is 4.56. The van der Waals surface area contributed by atoms with E-state index in [0.29, 0.717) is 6.04 Å². The highest BCUT2D eigenvalue weighted by Crippen LogP contribution is 2.14. The maximum Gasteiger partial charge on any atom is 0.0212 e. The Balaban J connectivity index is 2.29. The first-order valence-electron chi connectivity index (χ1n) is 4.56. The molecule has 0 radical (unpaired) electrons. The van der Waals surface area contributed by atoms with Crippen molar-refractivity contribution in [3.63, 3.8) is 0 Å². The molecule has 1 aliphatic heterocycles. The molecule has 2 unspecified atom stereocenters. The van der Waals surface area contributed by atoms with Crippen LogP contribution in [0.4, 0.5) is 0 Å². The molecule has 11 heavy (non-hydrogen) atoms. The van der Waals surface area contributed by atoms with Gasteiger partial charge in [0.05, 0.1) is 0 Å². The topological polar surface area (TPSA) is 15.3 Å². The number of rotatable bonds is 2. The van der Waals surface area contributed by atoms with Crippen LogP contribution < -0.4 is 5.32 Å². The molecule has 2 atom stereocenters. The molecule has 0 aromatic carbocycles. The van der Waals surface area contributed by atoms with Crippen LogP contribution in [-0.4, -0.2) is 36.6 Å². The van der Waals surface area contributed by atoms with Gasteiger partial charge in [0.2, 0.25) is 0 Å². The van der Waals surface area contributed by atoms with Crippen LogP contribution in [0.2, 0.25) is 0 Å². The predicted octanol–water partition coefficient (Wildman–Crippen LogP) is 1.08. The van der Waals surface area contributed by atoms with Gasteiger partial charge in [-0.05, 0) is 20.4 Å². The Labute approximate surface area is 70.0 Å². The first kappa shape index (κ1) is 9.01. The van der Waals surface area contributed by atoms with Crippen molar-refractivity contribution in [2.75, 3.05) is 13.6 Å². The zero-order valence-electron chi connectivity index (χ0n) is 8.09. The SMILES string of the molecule is CC(C)NC1CC(C)N(C)C1. The van der Waals surface area contributed by atoms with Gasteiger partial charge >= 0.3 is 0 Å². The van der Waals surface area contributed by atoms with Crippen LogP contribution in [-0.2, 0) is 0 Å². The van der Waals surface area contributed by atoms with Crippen LogP contribution >= 0.6 is 0 Å². The molecule has 0 spiro atoms. The van der Waals surface area contributed by atoms with E-state index in [0.717, 1.165) is 12.1 Å². The fourth-order valence-electron chi connectivity index (χ4n) is 1.79. The molecular formula is C9H20N2. The summed E-state index contributed by atoms with van der Waals surface area (Å²) in [4.78, 5) is 2.42. The Hall–Kier alpha value is -0.0800. The minimum Gasteiger partial charge on any atom is -0.310 e. The van der Waals surface area contributed by atoms with E-state index in [1.807, 2.05) is 0 Å². The summed E-state index contributed by atoms with van der Waals surface area (Å²) in [5.41, 5.74) is 0. The Morgan fingerprint density at radius 3 is 2.45 bits per heavy atom. The Morgan fingerprint density at radius 2 is 2.09 bits per heavy atom. The van der Waals surface area contributed by atoms with Gasteiger partial charge in [-0.15, -0.1) is 0 Å². The van der Waals surface area contributed by atoms with Gasteiger partial charge in [-0.1, -0.05) is 13.8 Å². The summed E-state index contributed by atoms with van der Waals surface area (Å²) >= 11 is 0. The smallest absolute Gasteiger partial charge is 0.0212 e. The molecular weight excluding hydrogens is 136 g/mol. The van der Waals surface area contributed by atoms with E-state index in [9.17, 15) is 0 Å². The van der Waals surface area contributed by atoms with Gasteiger partial charge in [-0.2, -0.15) is 0 Å². The summed E-state index contributed by atoms with van der Waals surface area (Å²) in [7, 11) is 2.20. The van der Waals surface area contributed by atoms with E-state index in [1.54, 1.807) is 0 Å². The number of hydrogen-bond donors (Lipinski definition) is 1. The summed E-state index contributed by atoms with van der Waals surface area (Å²) in [6.45, 7) is 7.92. The van der Waals surface area contributed by atoms with Crippen LogP contribution in [0.3, 0.4) is 0 Å². The minimum atomic E-state index is 0.624. The highest BCUT2D eigenvalue weighted by atomic mass is 15.2. The van der Waals surface area contributed by atoms with E-state index in [1.165, 1.54) is 13.0 Å². The number of likely N-dealkylation sites (tertiary alicyclic amines) is 1. The third-order valence-electron chi connectivity index (χ3n) is 2.46. The average Bonchev–Trinajstić information content (AvgIpc) is 2.10. The predicted molar refractivity (Wildman–Crippen MR) is 48.8 cm³/mol. The van der Waals surface area contributed by atoms with Gasteiger partial charge < -0.3 is 10.2 Å². The van der Waals surface area contributed by atoms with Gasteiger partial charge in [0.25, 0.3) is 0 Å². The van der Waals surface area contributed by atoms with Crippen LogP contribution in [0.1, 0.15) is 27.2 Å². The highest BCUT2D eigenvalue weighted by molar-refractivity contribution is 4.85. The summed E-state index contributed by atoms with van der Waals surface area (Å²) in [5, 5.41) is 3.56. The second-order valence-corrected chi connectivity index (χ2v) is 4.04. The molecule has 0 bridgehead atoms. The van der Waals surface area contributed by atoms with E-state index in [4.69, 9.17) is 0 Å². The molecule has 1 rings (SSSR count). The van der Waals surface area contributed by atoms with Crippen molar-refractivity contribution in [2.24, 2.45) is 0 Å². The van der Waals surface area contributed by atoms with Crippen LogP contribution in [0.25, 0.3) is 0 Å². The van der Waals surface area contributed by atoms with Crippen LogP contribution in [0.15, 0.2) is 0 Å². The molecule has 1 N–H and O–H groups in total. The Kier molecular flexibility index (Phi) is 2.90. The van der Waals surface area contributed by atoms with Gasteiger partial charge in [0.1, 0.15) is 0 Å². The molecule has 66 valence electrons. The van der Waals surface area contributed by atoms with Gasteiger partial charge in [0, 0.05) is 24.7 Å². The normalized spacial score (nSPS) is 33.5. The Bertz CT molecular complexity index is 110. The van der Waals surface area contributed by atoms with Crippen molar-refractivity contribution >= 4 is 0 Å². The van der Waals surface area contributed by atoms with Crippen molar-refractivity contribution in [1.29, 1.82) is 0 Å². The van der Waals surface area contributed by atoms with Crippen molar-refractivity contribution in [3.05, 3.63) is 0 Å². The van der Waals surface area contributed by atoms with Gasteiger partial charge in [-0.25, -0.2) is 0 Å². The second-order valence-electron chi connectivity index (χ2n) is 4.04. The molecule has 1 fully saturated rings. The standard InChI is InChI=1S/C9H20N2/c1-7(2)10-9-5-8(3)11(4)6-9/h7-10H,5-6H2,1-4H3. The number of nitrogens with zero attached hydrogens (tertiary/aromatic N) is 1. The van der Waals surface area contributed by atoms with E-state index < -0.39 is 0 Å². The summed E-state index contributed by atoms with van der Waals surface area (Å²) in [5.74, 6) is 0. The molecule has 1 aliphatic rings. The van der Waals surface area contributed by atoms with Crippen molar-refractivity contribution in [3.8, 4) is 0 Å². The van der Waals surface area contributed by atoms with Crippen LogP contribution in [0, 0.1) is 0 Å². The molecule has 1 heterocycles. The third kappa shape index (κ3) is 2.46. The third-order valence-corrected chi connectivity index (χ3v) is 2.46. The zero-order chi connectivity index (χ0) is 8.43. The molecule has 1 saturated heterocycles. The fourth-order valence-corrected chi connectivity index (χ4v) is 1.79. The van der Waals surface area contributed by atoms with E-state index >= 15 is 0 Å². The number of likely N-dealkylation sites (N-methyl/N-ethyl adjacent to an activating group) is 1. The molecule has 0 amide bonds. The highest BCUT2D eigenvalue weighted by Gasteiger charge is 2.25. The zero-order valence-corrected chi connectivity index (χ0v) is 8.09. The van der Waals surface area contributed by atoms with Crippen molar-refractivity contribution in [2.45, 2.75) is 45.3 Å². The summed E-state index contributed by atoms with van der Waals surface area (Å²) in [6, 6.07) is 2.10. The quantitative estimate of drug-likeness (QED) is 0.643. The largest absolute Gasteiger partial charge is 0.310 e. The lowest BCUT2D eigenvalue weighted by Gasteiger charge is -2.15. The van der Waals surface area contributed by atoms with Crippen LogP contribution in [0.5, 0.6) is 0 Å². The Morgan fingerprint density at radius 1 is 1.45 bits per heavy atom. The minimum absolute atomic E-state index is 0.624. The second kappa shape index (κ2) is 3.55. The monoisotopic (exact) mass is 156 g/mol. The van der Waals surface area contributed by atoms with Gasteiger partial charge in [-0.3, -0.25) is 0 Å². The first-order chi connectivity index (χ1) is 5.09. The molecule has 2 nitrogen and oxygen atoms in total. The number of nitrogens with one attached hydrogen (secondary N) is 1. The summed E-state index contributed by atoms with van der Waals surface area (Å²) in [6.07, 6.45) is 1.30. The van der Waals surface area contributed by atoms with Gasteiger partial charge in [0.15, 0.2) is 0 Å². The maximum atomic E-state index is 3.56. The molecule has 0 aliphatic carbocycles. The lowest BCUT2D eigenvalue weighted by Crippen LogP contribution is -2.36. The average molecular weight is 156 g/mol.